The van der Waals surface area contributed by atoms with Crippen LogP contribution in [0.15, 0.2) is 30.3 Å². The summed E-state index contributed by atoms with van der Waals surface area (Å²) in [4.78, 5) is 0. The predicted molar refractivity (Wildman–Crippen MR) is 39.5 cm³/mol. The van der Waals surface area contributed by atoms with Crippen molar-refractivity contribution < 1.29 is 24.0 Å². The Kier molecular flexibility index (Phi) is 5.32. The van der Waals surface area contributed by atoms with Crippen molar-refractivity contribution in [2.75, 3.05) is 0 Å². The van der Waals surface area contributed by atoms with Crippen molar-refractivity contribution in [1.82, 2.24) is 0 Å². The molecule has 1 aromatic carbocycles. The van der Waals surface area contributed by atoms with Crippen molar-refractivity contribution in [1.29, 1.82) is 0 Å². The van der Waals surface area contributed by atoms with Gasteiger partial charge in [-0.05, 0) is 0 Å². The molecule has 1 unspecified atom stereocenters. The van der Waals surface area contributed by atoms with E-state index >= 15 is 0 Å². The molecule has 0 saturated carbocycles. The molecule has 0 spiro atoms. The van der Waals surface area contributed by atoms with Crippen molar-refractivity contribution in [3.8, 4) is 0 Å². The van der Waals surface area contributed by atoms with Crippen molar-refractivity contribution in [2.45, 2.75) is 19.4 Å². The van der Waals surface area contributed by atoms with Gasteiger partial charge in [-0.2, -0.15) is 0 Å². The van der Waals surface area contributed by atoms with Crippen LogP contribution >= 0.6 is 0 Å². The van der Waals surface area contributed by atoms with Gasteiger partial charge in [0.05, 0.1) is 0 Å². The van der Waals surface area contributed by atoms with E-state index in [0.717, 1.165) is 5.56 Å². The van der Waals surface area contributed by atoms with Crippen LogP contribution in [-0.4, -0.2) is 0 Å². The molecule has 0 amide bonds. The van der Waals surface area contributed by atoms with Crippen molar-refractivity contribution in [3.05, 3.63) is 35.9 Å². The standard InChI is InChI=1S/C9H11O.Li/c1-2-9(10)8-6-4-3-5-7-8;/h3-7,9H,2H2,1H3;/q-1;+1. The van der Waals surface area contributed by atoms with Gasteiger partial charge >= 0.3 is 18.9 Å². The number of rotatable bonds is 2. The van der Waals surface area contributed by atoms with Gasteiger partial charge in [0.25, 0.3) is 0 Å². The molecule has 1 atom stereocenters. The summed E-state index contributed by atoms with van der Waals surface area (Å²) in [5.74, 6) is 0. The van der Waals surface area contributed by atoms with Crippen LogP contribution < -0.4 is 24.0 Å². The fourth-order valence-electron chi connectivity index (χ4n) is 0.903. The molecule has 54 valence electrons. The van der Waals surface area contributed by atoms with Gasteiger partial charge in [0.15, 0.2) is 0 Å². The molecule has 1 aromatic rings. The van der Waals surface area contributed by atoms with E-state index in [1.807, 2.05) is 37.3 Å². The third-order valence-corrected chi connectivity index (χ3v) is 1.54. The van der Waals surface area contributed by atoms with Crippen molar-refractivity contribution >= 4 is 0 Å². The third-order valence-electron chi connectivity index (χ3n) is 1.54. The zero-order valence-corrected chi connectivity index (χ0v) is 7.08. The molecule has 0 fully saturated rings. The van der Waals surface area contributed by atoms with E-state index in [2.05, 4.69) is 0 Å². The summed E-state index contributed by atoms with van der Waals surface area (Å²) in [7, 11) is 0. The molecule has 0 aliphatic rings. The van der Waals surface area contributed by atoms with Crippen molar-refractivity contribution in [3.63, 3.8) is 0 Å². The molecule has 0 heterocycles. The van der Waals surface area contributed by atoms with E-state index in [0.29, 0.717) is 6.42 Å². The summed E-state index contributed by atoms with van der Waals surface area (Å²) in [5, 5.41) is 11.1. The van der Waals surface area contributed by atoms with E-state index in [-0.39, 0.29) is 18.9 Å². The summed E-state index contributed by atoms with van der Waals surface area (Å²) >= 11 is 0. The molecule has 0 radical (unpaired) electrons. The van der Waals surface area contributed by atoms with Crippen LogP contribution in [0.25, 0.3) is 0 Å². The Morgan fingerprint density at radius 2 is 1.82 bits per heavy atom. The third kappa shape index (κ3) is 3.12. The molecular weight excluding hydrogens is 131 g/mol. The molecule has 0 saturated heterocycles. The molecule has 0 aliphatic heterocycles. The second kappa shape index (κ2) is 5.43. The van der Waals surface area contributed by atoms with E-state index in [1.54, 1.807) is 0 Å². The zero-order valence-electron chi connectivity index (χ0n) is 7.08. The Labute approximate surface area is 79.6 Å². The largest absolute Gasteiger partial charge is 1.00 e. The first-order valence-electron chi connectivity index (χ1n) is 3.55. The summed E-state index contributed by atoms with van der Waals surface area (Å²) in [6.45, 7) is 1.91. The van der Waals surface area contributed by atoms with Crippen LogP contribution in [0.1, 0.15) is 25.0 Å². The number of benzene rings is 1. The van der Waals surface area contributed by atoms with Crippen molar-refractivity contribution in [2.24, 2.45) is 0 Å². The predicted octanol–water partition coefficient (Wildman–Crippen LogP) is -1.50. The zero-order chi connectivity index (χ0) is 7.40. The average Bonchev–Trinajstić information content (AvgIpc) is 2.05. The van der Waals surface area contributed by atoms with Gasteiger partial charge in [-0.15, -0.1) is 6.10 Å². The van der Waals surface area contributed by atoms with Gasteiger partial charge in [0.2, 0.25) is 0 Å². The molecule has 2 heteroatoms. The first-order chi connectivity index (χ1) is 4.84. The normalized spacial score (nSPS) is 11.8. The molecule has 11 heavy (non-hydrogen) atoms. The van der Waals surface area contributed by atoms with Gasteiger partial charge in [0, 0.05) is 0 Å². The van der Waals surface area contributed by atoms with E-state index in [9.17, 15) is 5.11 Å². The molecular formula is C9H11LiO. The van der Waals surface area contributed by atoms with Crippen LogP contribution in [0.3, 0.4) is 0 Å². The molecule has 0 aliphatic carbocycles. The molecule has 1 nitrogen and oxygen atoms in total. The maximum absolute atomic E-state index is 11.1. The van der Waals surface area contributed by atoms with Crippen LogP contribution in [0, 0.1) is 0 Å². The molecule has 1 rings (SSSR count). The Morgan fingerprint density at radius 1 is 1.27 bits per heavy atom. The minimum atomic E-state index is -0.541. The maximum Gasteiger partial charge on any atom is 1.00 e. The summed E-state index contributed by atoms with van der Waals surface area (Å²) in [6, 6.07) is 9.47. The van der Waals surface area contributed by atoms with Gasteiger partial charge in [-0.25, -0.2) is 0 Å². The van der Waals surface area contributed by atoms with Crippen LogP contribution in [0.4, 0.5) is 0 Å². The molecule has 0 aromatic heterocycles. The van der Waals surface area contributed by atoms with Crippen LogP contribution in [0.5, 0.6) is 0 Å². The minimum absolute atomic E-state index is 0. The van der Waals surface area contributed by atoms with Gasteiger partial charge in [0.1, 0.15) is 0 Å². The quantitative estimate of drug-likeness (QED) is 0.461. The average molecular weight is 142 g/mol. The summed E-state index contributed by atoms with van der Waals surface area (Å²) in [6.07, 6.45) is 0.130. The van der Waals surface area contributed by atoms with Crippen LogP contribution in [0.2, 0.25) is 0 Å². The Morgan fingerprint density at radius 3 is 2.27 bits per heavy atom. The topological polar surface area (TPSA) is 23.1 Å². The van der Waals surface area contributed by atoms with E-state index < -0.39 is 6.10 Å². The second-order valence-corrected chi connectivity index (χ2v) is 2.31. The van der Waals surface area contributed by atoms with E-state index in [4.69, 9.17) is 0 Å². The van der Waals surface area contributed by atoms with Gasteiger partial charge in [-0.3, -0.25) is 0 Å². The molecule has 0 bridgehead atoms. The minimum Gasteiger partial charge on any atom is -0.849 e. The van der Waals surface area contributed by atoms with Crippen LogP contribution in [-0.2, 0) is 0 Å². The van der Waals surface area contributed by atoms with E-state index in [1.165, 1.54) is 0 Å². The monoisotopic (exact) mass is 142 g/mol. The maximum atomic E-state index is 11.1. The Bertz CT molecular complexity index is 186. The fourth-order valence-corrected chi connectivity index (χ4v) is 0.903. The molecule has 0 N–H and O–H groups in total. The number of hydrogen-bond acceptors (Lipinski definition) is 1. The van der Waals surface area contributed by atoms with Gasteiger partial charge < -0.3 is 5.11 Å². The Hall–Kier alpha value is -0.223. The summed E-state index contributed by atoms with van der Waals surface area (Å²) in [5.41, 5.74) is 0.894. The first kappa shape index (κ1) is 10.8. The van der Waals surface area contributed by atoms with Gasteiger partial charge in [-0.1, -0.05) is 49.2 Å². The number of hydrogen-bond donors (Lipinski definition) is 0. The SMILES string of the molecule is CCC([O-])c1ccccc1.[Li+]. The smallest absolute Gasteiger partial charge is 0.849 e. The first-order valence-corrected chi connectivity index (χ1v) is 3.55. The second-order valence-electron chi connectivity index (χ2n) is 2.31. The fraction of sp³-hybridized carbons (Fsp3) is 0.333. The Balaban J connectivity index is 0.000001000. The summed E-state index contributed by atoms with van der Waals surface area (Å²) < 4.78 is 0.